The Hall–Kier alpha value is -1.60. The molecule has 0 radical (unpaired) electrons. The summed E-state index contributed by atoms with van der Waals surface area (Å²) in [7, 11) is -2.22. The summed E-state index contributed by atoms with van der Waals surface area (Å²) in [6.45, 7) is 1.29. The zero-order valence-corrected chi connectivity index (χ0v) is 12.3. The third kappa shape index (κ3) is 3.94. The first-order chi connectivity index (χ1) is 9.46. The molecular weight excluding hydrogens is 282 g/mol. The average Bonchev–Trinajstić information content (AvgIpc) is 2.44. The van der Waals surface area contributed by atoms with Crippen molar-refractivity contribution >= 4 is 21.5 Å². The van der Waals surface area contributed by atoms with Gasteiger partial charge in [0.15, 0.2) is 9.84 Å². The van der Waals surface area contributed by atoms with Crippen LogP contribution in [0.3, 0.4) is 0 Å². The van der Waals surface area contributed by atoms with Gasteiger partial charge in [-0.25, -0.2) is 13.2 Å². The van der Waals surface area contributed by atoms with E-state index in [1.54, 1.807) is 25.1 Å². The van der Waals surface area contributed by atoms with Crippen molar-refractivity contribution < 1.29 is 23.1 Å². The fourth-order valence-electron chi connectivity index (χ4n) is 1.74. The molecule has 0 heterocycles. The Labute approximate surface area is 118 Å². The van der Waals surface area contributed by atoms with Gasteiger partial charge in [-0.1, -0.05) is 19.1 Å². The van der Waals surface area contributed by atoms with Gasteiger partial charge in [0.25, 0.3) is 0 Å². The lowest BCUT2D eigenvalue weighted by Gasteiger charge is -2.17. The summed E-state index contributed by atoms with van der Waals surface area (Å²) in [4.78, 5) is 11.6. The highest BCUT2D eigenvalue weighted by molar-refractivity contribution is 7.91. The lowest BCUT2D eigenvalue weighted by Crippen LogP contribution is -2.34. The van der Waals surface area contributed by atoms with Gasteiger partial charge in [0.2, 0.25) is 0 Å². The van der Waals surface area contributed by atoms with Gasteiger partial charge in [-0.2, -0.15) is 0 Å². The number of ether oxygens (including phenoxy) is 1. The van der Waals surface area contributed by atoms with Crippen LogP contribution in [0.2, 0.25) is 0 Å². The highest BCUT2D eigenvalue weighted by Gasteiger charge is 2.22. The van der Waals surface area contributed by atoms with E-state index in [0.717, 1.165) is 0 Å². The van der Waals surface area contributed by atoms with Crippen LogP contribution in [0.25, 0.3) is 0 Å². The average molecular weight is 301 g/mol. The van der Waals surface area contributed by atoms with Crippen molar-refractivity contribution in [2.75, 3.05) is 24.8 Å². The zero-order valence-electron chi connectivity index (χ0n) is 11.5. The Balaban J connectivity index is 3.11. The molecule has 0 aromatic heterocycles. The molecule has 0 amide bonds. The lowest BCUT2D eigenvalue weighted by molar-refractivity contribution is -0.142. The minimum Gasteiger partial charge on any atom is -0.467 e. The van der Waals surface area contributed by atoms with Gasteiger partial charge in [0.1, 0.15) is 6.04 Å². The molecule has 0 spiro atoms. The molecule has 112 valence electrons. The fourth-order valence-corrected chi connectivity index (χ4v) is 3.25. The molecule has 1 atom stereocenters. The molecule has 2 N–H and O–H groups in total. The zero-order chi connectivity index (χ0) is 15.2. The summed E-state index contributed by atoms with van der Waals surface area (Å²) in [5, 5.41) is 11.9. The van der Waals surface area contributed by atoms with E-state index in [2.05, 4.69) is 10.1 Å². The van der Waals surface area contributed by atoms with E-state index in [1.807, 2.05) is 0 Å². The maximum absolute atomic E-state index is 12.1. The first-order valence-electron chi connectivity index (χ1n) is 6.23. The fraction of sp³-hybridized carbons (Fsp3) is 0.462. The number of sulfone groups is 1. The minimum atomic E-state index is -3.42. The van der Waals surface area contributed by atoms with Crippen LogP contribution in [0.15, 0.2) is 29.2 Å². The topological polar surface area (TPSA) is 92.7 Å². The third-order valence-electron chi connectivity index (χ3n) is 2.69. The molecule has 20 heavy (non-hydrogen) atoms. The number of aliphatic hydroxyl groups excluding tert-OH is 1. The van der Waals surface area contributed by atoms with E-state index in [1.165, 1.54) is 13.2 Å². The van der Waals surface area contributed by atoms with Crippen molar-refractivity contribution in [3.05, 3.63) is 24.3 Å². The number of esters is 1. The predicted molar refractivity (Wildman–Crippen MR) is 75.3 cm³/mol. The second-order valence-electron chi connectivity index (χ2n) is 4.22. The van der Waals surface area contributed by atoms with Crippen LogP contribution in [-0.4, -0.2) is 45.0 Å². The van der Waals surface area contributed by atoms with E-state index in [0.29, 0.717) is 6.42 Å². The van der Waals surface area contributed by atoms with Crippen LogP contribution >= 0.6 is 0 Å². The number of rotatable bonds is 7. The molecule has 1 rings (SSSR count). The quantitative estimate of drug-likeness (QED) is 0.724. The summed E-state index contributed by atoms with van der Waals surface area (Å²) in [6, 6.07) is 5.28. The Kier molecular flexibility index (Phi) is 5.97. The Morgan fingerprint density at radius 1 is 1.40 bits per heavy atom. The van der Waals surface area contributed by atoms with Crippen LogP contribution in [0.4, 0.5) is 5.69 Å². The molecule has 0 fully saturated rings. The van der Waals surface area contributed by atoms with Crippen molar-refractivity contribution in [3.8, 4) is 0 Å². The van der Waals surface area contributed by atoms with Crippen molar-refractivity contribution in [3.63, 3.8) is 0 Å². The van der Waals surface area contributed by atoms with Crippen LogP contribution < -0.4 is 5.32 Å². The second kappa shape index (κ2) is 7.25. The number of hydrogen-bond acceptors (Lipinski definition) is 6. The standard InChI is InChI=1S/C13H19NO5S/c1-3-8-20(17,18)12-7-5-4-6-10(12)14-11(9-15)13(16)19-2/h4-7,11,14-15H,3,8-9H2,1-2H3. The number of para-hydroxylation sites is 1. The van der Waals surface area contributed by atoms with Gasteiger partial charge in [-0.15, -0.1) is 0 Å². The molecule has 7 heteroatoms. The highest BCUT2D eigenvalue weighted by Crippen LogP contribution is 2.23. The molecule has 1 aromatic carbocycles. The molecule has 0 aliphatic rings. The molecule has 0 aliphatic heterocycles. The number of aliphatic hydroxyl groups is 1. The SMILES string of the molecule is CCCS(=O)(=O)c1ccccc1NC(CO)C(=O)OC. The van der Waals surface area contributed by atoms with Crippen molar-refractivity contribution in [2.24, 2.45) is 0 Å². The van der Waals surface area contributed by atoms with Crippen molar-refractivity contribution in [2.45, 2.75) is 24.3 Å². The molecule has 0 saturated carbocycles. The van der Waals surface area contributed by atoms with Crippen LogP contribution in [-0.2, 0) is 19.4 Å². The number of carbonyl (C=O) groups excluding carboxylic acids is 1. The summed E-state index contributed by atoms with van der Waals surface area (Å²) in [6.07, 6.45) is 0.497. The van der Waals surface area contributed by atoms with Crippen molar-refractivity contribution in [1.29, 1.82) is 0 Å². The smallest absolute Gasteiger partial charge is 0.330 e. The Morgan fingerprint density at radius 2 is 2.05 bits per heavy atom. The summed E-state index contributed by atoms with van der Waals surface area (Å²) < 4.78 is 28.8. The van der Waals surface area contributed by atoms with Crippen LogP contribution in [0.1, 0.15) is 13.3 Å². The Bertz CT molecular complexity index is 556. The number of hydrogen-bond donors (Lipinski definition) is 2. The van der Waals surface area contributed by atoms with Crippen molar-refractivity contribution in [1.82, 2.24) is 0 Å². The first kappa shape index (κ1) is 16.5. The van der Waals surface area contributed by atoms with Gasteiger partial charge in [0, 0.05) is 0 Å². The number of methoxy groups -OCH3 is 1. The maximum atomic E-state index is 12.1. The predicted octanol–water partition coefficient (Wildman–Crippen LogP) is 0.816. The summed E-state index contributed by atoms with van der Waals surface area (Å²) in [5.74, 6) is -0.636. The molecular formula is C13H19NO5S. The van der Waals surface area contributed by atoms with Gasteiger partial charge in [-0.05, 0) is 18.6 Å². The van der Waals surface area contributed by atoms with E-state index in [4.69, 9.17) is 0 Å². The van der Waals surface area contributed by atoms with E-state index in [9.17, 15) is 18.3 Å². The van der Waals surface area contributed by atoms with E-state index >= 15 is 0 Å². The highest BCUT2D eigenvalue weighted by atomic mass is 32.2. The minimum absolute atomic E-state index is 0.0215. The molecule has 0 aliphatic carbocycles. The number of anilines is 1. The molecule has 0 bridgehead atoms. The number of nitrogens with one attached hydrogen (secondary N) is 1. The molecule has 1 aromatic rings. The molecule has 6 nitrogen and oxygen atoms in total. The summed E-state index contributed by atoms with van der Waals surface area (Å²) in [5.41, 5.74) is 0.283. The van der Waals surface area contributed by atoms with Crippen LogP contribution in [0.5, 0.6) is 0 Å². The third-order valence-corrected chi connectivity index (χ3v) is 4.66. The largest absolute Gasteiger partial charge is 0.467 e. The number of carbonyl (C=O) groups is 1. The van der Waals surface area contributed by atoms with Gasteiger partial charge >= 0.3 is 5.97 Å². The second-order valence-corrected chi connectivity index (χ2v) is 6.30. The Morgan fingerprint density at radius 3 is 2.60 bits per heavy atom. The van der Waals surface area contributed by atoms with Gasteiger partial charge in [-0.3, -0.25) is 0 Å². The number of benzene rings is 1. The van der Waals surface area contributed by atoms with Gasteiger partial charge in [0.05, 0.1) is 30.1 Å². The molecule has 0 saturated heterocycles. The lowest BCUT2D eigenvalue weighted by atomic mass is 10.2. The maximum Gasteiger partial charge on any atom is 0.330 e. The van der Waals surface area contributed by atoms with E-state index in [-0.39, 0.29) is 16.3 Å². The summed E-state index contributed by atoms with van der Waals surface area (Å²) >= 11 is 0. The van der Waals surface area contributed by atoms with Gasteiger partial charge < -0.3 is 15.2 Å². The first-order valence-corrected chi connectivity index (χ1v) is 7.88. The van der Waals surface area contributed by atoms with E-state index < -0.39 is 28.5 Å². The monoisotopic (exact) mass is 301 g/mol. The molecule has 1 unspecified atom stereocenters. The normalized spacial score (nSPS) is 12.8. The van der Waals surface area contributed by atoms with Crippen LogP contribution in [0, 0.1) is 0 Å².